The van der Waals surface area contributed by atoms with Gasteiger partial charge in [0.15, 0.2) is 6.10 Å². The molecule has 6 nitrogen and oxygen atoms in total. The molecular weight excluding hydrogens is 624 g/mol. The van der Waals surface area contributed by atoms with E-state index in [1.165, 1.54) is 128 Å². The number of rotatable bonds is 39. The Kier molecular flexibility index (Phi) is 38.5. The number of hydrogen-bond acceptors (Lipinski definition) is 6. The minimum absolute atomic E-state index is 0.0697. The fourth-order valence-electron chi connectivity index (χ4n) is 6.20. The SMILES string of the molecule is CCCCCCCC/C=C\CCCCCCCC(=O)OCC(COC(=O)CCCCCCCCC)OC(=O)CCCCCCCCCCCC. The Morgan fingerprint density at radius 3 is 1.00 bits per heavy atom. The molecule has 50 heavy (non-hydrogen) atoms. The Morgan fingerprint density at radius 2 is 0.660 bits per heavy atom. The second-order valence-corrected chi connectivity index (χ2v) is 14.6. The van der Waals surface area contributed by atoms with Gasteiger partial charge in [0.05, 0.1) is 0 Å². The Balaban J connectivity index is 4.28. The molecule has 0 N–H and O–H groups in total. The molecule has 0 rings (SSSR count). The topological polar surface area (TPSA) is 78.9 Å². The summed E-state index contributed by atoms with van der Waals surface area (Å²) in [7, 11) is 0. The van der Waals surface area contributed by atoms with E-state index in [1.807, 2.05) is 0 Å². The Hall–Kier alpha value is -1.85. The predicted octanol–water partition coefficient (Wildman–Crippen LogP) is 13.5. The van der Waals surface area contributed by atoms with Crippen LogP contribution in [0, 0.1) is 0 Å². The van der Waals surface area contributed by atoms with Crippen LogP contribution in [0.15, 0.2) is 12.2 Å². The first-order valence-corrected chi connectivity index (χ1v) is 21.7. The van der Waals surface area contributed by atoms with Crippen molar-refractivity contribution >= 4 is 17.9 Å². The third-order valence-corrected chi connectivity index (χ3v) is 9.52. The van der Waals surface area contributed by atoms with Crippen molar-refractivity contribution < 1.29 is 28.6 Å². The summed E-state index contributed by atoms with van der Waals surface area (Å²) in [4.78, 5) is 37.5. The van der Waals surface area contributed by atoms with Gasteiger partial charge in [0.25, 0.3) is 0 Å². The monoisotopic (exact) mass is 707 g/mol. The average molecular weight is 707 g/mol. The highest BCUT2D eigenvalue weighted by Crippen LogP contribution is 2.14. The summed E-state index contributed by atoms with van der Waals surface area (Å²) < 4.78 is 16.6. The molecule has 6 heteroatoms. The number of unbranched alkanes of at least 4 members (excludes halogenated alkanes) is 26. The molecule has 0 aliphatic carbocycles. The third-order valence-electron chi connectivity index (χ3n) is 9.52. The molecule has 0 spiro atoms. The second kappa shape index (κ2) is 39.9. The molecule has 0 aromatic heterocycles. The van der Waals surface area contributed by atoms with Crippen molar-refractivity contribution in [1.82, 2.24) is 0 Å². The van der Waals surface area contributed by atoms with Crippen molar-refractivity contribution in [2.75, 3.05) is 13.2 Å². The normalized spacial score (nSPS) is 12.0. The van der Waals surface area contributed by atoms with Gasteiger partial charge in [-0.3, -0.25) is 14.4 Å². The minimum Gasteiger partial charge on any atom is -0.462 e. The predicted molar refractivity (Wildman–Crippen MR) is 210 cm³/mol. The molecule has 1 unspecified atom stereocenters. The van der Waals surface area contributed by atoms with Crippen molar-refractivity contribution in [2.45, 2.75) is 239 Å². The smallest absolute Gasteiger partial charge is 0.306 e. The lowest BCUT2D eigenvalue weighted by atomic mass is 10.1. The van der Waals surface area contributed by atoms with E-state index in [9.17, 15) is 14.4 Å². The fourth-order valence-corrected chi connectivity index (χ4v) is 6.20. The molecular formula is C44H82O6. The summed E-state index contributed by atoms with van der Waals surface area (Å²) in [6.45, 7) is 6.57. The third kappa shape index (κ3) is 37.4. The molecule has 0 saturated heterocycles. The lowest BCUT2D eigenvalue weighted by Crippen LogP contribution is -2.30. The summed E-state index contributed by atoms with van der Waals surface area (Å²) in [5.74, 6) is -0.882. The van der Waals surface area contributed by atoms with Crippen LogP contribution >= 0.6 is 0 Å². The highest BCUT2D eigenvalue weighted by molar-refractivity contribution is 5.71. The van der Waals surface area contributed by atoms with Crippen molar-refractivity contribution in [3.8, 4) is 0 Å². The molecule has 0 aliphatic rings. The maximum absolute atomic E-state index is 12.6. The van der Waals surface area contributed by atoms with E-state index in [1.54, 1.807) is 0 Å². The highest BCUT2D eigenvalue weighted by Gasteiger charge is 2.19. The first-order chi connectivity index (χ1) is 24.5. The van der Waals surface area contributed by atoms with Crippen molar-refractivity contribution in [2.24, 2.45) is 0 Å². The van der Waals surface area contributed by atoms with Crippen LogP contribution in [0.3, 0.4) is 0 Å². The van der Waals surface area contributed by atoms with Crippen LogP contribution in [0.25, 0.3) is 0 Å². The number of hydrogen-bond donors (Lipinski definition) is 0. The summed E-state index contributed by atoms with van der Waals surface area (Å²) >= 11 is 0. The van der Waals surface area contributed by atoms with Crippen molar-refractivity contribution in [1.29, 1.82) is 0 Å². The van der Waals surface area contributed by atoms with Gasteiger partial charge >= 0.3 is 17.9 Å². The van der Waals surface area contributed by atoms with Crippen LogP contribution in [-0.4, -0.2) is 37.2 Å². The summed E-state index contributed by atoms with van der Waals surface area (Å²) in [5.41, 5.74) is 0. The van der Waals surface area contributed by atoms with Gasteiger partial charge in [-0.25, -0.2) is 0 Å². The standard InChI is InChI=1S/C44H82O6/c1-4-7-10-13-16-18-20-21-22-23-24-26-28-31-34-37-43(46)49-40-41(39-48-42(45)36-33-30-27-15-12-9-6-3)50-44(47)38-35-32-29-25-19-17-14-11-8-5-2/h21-22,41H,4-20,23-40H2,1-3H3/b22-21-. The number of carbonyl (C=O) groups is 3. The summed E-state index contributed by atoms with van der Waals surface area (Å²) in [5, 5.41) is 0. The Labute approximate surface area is 310 Å². The second-order valence-electron chi connectivity index (χ2n) is 14.6. The van der Waals surface area contributed by atoms with Crippen LogP contribution in [0.1, 0.15) is 233 Å². The maximum Gasteiger partial charge on any atom is 0.306 e. The van der Waals surface area contributed by atoms with Gasteiger partial charge in [-0.15, -0.1) is 0 Å². The number of carbonyl (C=O) groups excluding carboxylic acids is 3. The largest absolute Gasteiger partial charge is 0.462 e. The quantitative estimate of drug-likeness (QED) is 0.0274. The van der Waals surface area contributed by atoms with Crippen LogP contribution in [0.2, 0.25) is 0 Å². The minimum atomic E-state index is -0.762. The molecule has 0 heterocycles. The highest BCUT2D eigenvalue weighted by atomic mass is 16.6. The van der Waals surface area contributed by atoms with E-state index in [0.29, 0.717) is 19.3 Å². The molecule has 0 radical (unpaired) electrons. The molecule has 0 aromatic carbocycles. The van der Waals surface area contributed by atoms with E-state index in [-0.39, 0.29) is 31.1 Å². The molecule has 294 valence electrons. The first-order valence-electron chi connectivity index (χ1n) is 21.7. The lowest BCUT2D eigenvalue weighted by molar-refractivity contribution is -0.167. The van der Waals surface area contributed by atoms with E-state index in [2.05, 4.69) is 32.9 Å². The van der Waals surface area contributed by atoms with Crippen LogP contribution in [0.5, 0.6) is 0 Å². The molecule has 0 fully saturated rings. The first kappa shape index (κ1) is 48.1. The lowest BCUT2D eigenvalue weighted by Gasteiger charge is -2.18. The van der Waals surface area contributed by atoms with Crippen molar-refractivity contribution in [3.05, 3.63) is 12.2 Å². The molecule has 0 aromatic rings. The molecule has 0 saturated carbocycles. The van der Waals surface area contributed by atoms with E-state index < -0.39 is 6.10 Å². The molecule has 0 aliphatic heterocycles. The molecule has 0 bridgehead atoms. The zero-order chi connectivity index (χ0) is 36.6. The number of ether oxygens (including phenoxy) is 3. The van der Waals surface area contributed by atoms with Gasteiger partial charge in [0.1, 0.15) is 13.2 Å². The van der Waals surface area contributed by atoms with Gasteiger partial charge in [-0.05, 0) is 44.9 Å². The van der Waals surface area contributed by atoms with Gasteiger partial charge in [0, 0.05) is 19.3 Å². The molecule has 1 atom stereocenters. The summed E-state index contributed by atoms with van der Waals surface area (Å²) in [6.07, 6.45) is 40.6. The van der Waals surface area contributed by atoms with Crippen LogP contribution in [0.4, 0.5) is 0 Å². The van der Waals surface area contributed by atoms with Crippen LogP contribution < -0.4 is 0 Å². The Morgan fingerprint density at radius 1 is 0.380 bits per heavy atom. The van der Waals surface area contributed by atoms with E-state index in [4.69, 9.17) is 14.2 Å². The zero-order valence-electron chi connectivity index (χ0n) is 33.4. The summed E-state index contributed by atoms with van der Waals surface area (Å²) in [6, 6.07) is 0. The van der Waals surface area contributed by atoms with Gasteiger partial charge in [0.2, 0.25) is 0 Å². The van der Waals surface area contributed by atoms with Gasteiger partial charge < -0.3 is 14.2 Å². The van der Waals surface area contributed by atoms with Crippen LogP contribution in [-0.2, 0) is 28.6 Å². The van der Waals surface area contributed by atoms with Gasteiger partial charge in [-0.1, -0.05) is 181 Å². The average Bonchev–Trinajstić information content (AvgIpc) is 3.11. The van der Waals surface area contributed by atoms with E-state index >= 15 is 0 Å². The fraction of sp³-hybridized carbons (Fsp3) is 0.886. The Bertz CT molecular complexity index is 778. The maximum atomic E-state index is 12.6. The van der Waals surface area contributed by atoms with E-state index in [0.717, 1.165) is 64.2 Å². The number of allylic oxidation sites excluding steroid dienone is 2. The van der Waals surface area contributed by atoms with Crippen molar-refractivity contribution in [3.63, 3.8) is 0 Å². The zero-order valence-corrected chi connectivity index (χ0v) is 33.4. The molecule has 0 amide bonds. The van der Waals surface area contributed by atoms with Gasteiger partial charge in [-0.2, -0.15) is 0 Å². The number of esters is 3.